The van der Waals surface area contributed by atoms with E-state index >= 15 is 0 Å². The third-order valence-corrected chi connectivity index (χ3v) is 4.22. The van der Waals surface area contributed by atoms with E-state index in [-0.39, 0.29) is 11.9 Å². The molecule has 1 atom stereocenters. The van der Waals surface area contributed by atoms with E-state index in [4.69, 9.17) is 4.74 Å². The Kier molecular flexibility index (Phi) is 6.01. The molecule has 0 radical (unpaired) electrons. The predicted molar refractivity (Wildman–Crippen MR) is 108 cm³/mol. The fraction of sp³-hybridized carbons (Fsp3) is 0.136. The first-order chi connectivity index (χ1) is 13.6. The number of amides is 1. The number of hydrogen-bond acceptors (Lipinski definition) is 5. The van der Waals surface area contributed by atoms with Gasteiger partial charge < -0.3 is 15.4 Å². The molecule has 1 unspecified atom stereocenters. The topological polar surface area (TPSA) is 80.3 Å². The van der Waals surface area contributed by atoms with Gasteiger partial charge in [0, 0.05) is 5.69 Å². The number of benzene rings is 2. The molecule has 6 heteroatoms. The summed E-state index contributed by atoms with van der Waals surface area (Å²) in [5.74, 6) is -0.642. The number of rotatable bonds is 6. The van der Waals surface area contributed by atoms with Crippen molar-refractivity contribution in [2.24, 2.45) is 0 Å². The molecule has 0 saturated carbocycles. The second-order valence-corrected chi connectivity index (χ2v) is 6.24. The second kappa shape index (κ2) is 8.81. The van der Waals surface area contributed by atoms with Crippen molar-refractivity contribution >= 4 is 23.3 Å². The molecule has 3 rings (SSSR count). The summed E-state index contributed by atoms with van der Waals surface area (Å²) in [6.45, 7) is 1.93. The number of pyridine rings is 1. The first-order valence-electron chi connectivity index (χ1n) is 8.84. The Morgan fingerprint density at radius 3 is 2.43 bits per heavy atom. The van der Waals surface area contributed by atoms with Gasteiger partial charge in [-0.15, -0.1) is 0 Å². The largest absolute Gasteiger partial charge is 0.465 e. The van der Waals surface area contributed by atoms with Gasteiger partial charge in [0.15, 0.2) is 0 Å². The highest BCUT2D eigenvalue weighted by Crippen LogP contribution is 2.18. The summed E-state index contributed by atoms with van der Waals surface area (Å²) in [4.78, 5) is 28.3. The van der Waals surface area contributed by atoms with E-state index in [9.17, 15) is 9.59 Å². The molecule has 28 heavy (non-hydrogen) atoms. The predicted octanol–water partition coefficient (Wildman–Crippen LogP) is 4.10. The van der Waals surface area contributed by atoms with E-state index in [1.165, 1.54) is 7.11 Å². The van der Waals surface area contributed by atoms with Gasteiger partial charge in [0.25, 0.3) is 5.91 Å². The minimum atomic E-state index is -0.402. The quantitative estimate of drug-likeness (QED) is 0.634. The standard InChI is InChI=1S/C22H21N3O3/c1-15(16-7-4-3-5-8-16)24-21(26)20-12-11-19(14-23-20)25-18-10-6-9-17(13-18)22(27)28-2/h3-15,25H,1-2H3,(H,24,26). The van der Waals surface area contributed by atoms with Crippen molar-refractivity contribution in [1.82, 2.24) is 10.3 Å². The Morgan fingerprint density at radius 1 is 0.964 bits per heavy atom. The Balaban J connectivity index is 1.65. The number of methoxy groups -OCH3 is 1. The maximum atomic E-state index is 12.4. The summed E-state index contributed by atoms with van der Waals surface area (Å²) in [5, 5.41) is 6.09. The number of esters is 1. The summed E-state index contributed by atoms with van der Waals surface area (Å²) >= 11 is 0. The normalized spacial score (nSPS) is 11.4. The molecule has 0 bridgehead atoms. The van der Waals surface area contributed by atoms with E-state index in [0.717, 1.165) is 11.3 Å². The highest BCUT2D eigenvalue weighted by molar-refractivity contribution is 5.93. The van der Waals surface area contributed by atoms with Crippen LogP contribution in [0.3, 0.4) is 0 Å². The van der Waals surface area contributed by atoms with E-state index in [0.29, 0.717) is 16.9 Å². The lowest BCUT2D eigenvalue weighted by molar-refractivity contribution is 0.0600. The molecule has 6 nitrogen and oxygen atoms in total. The number of nitrogens with zero attached hydrogens (tertiary/aromatic N) is 1. The highest BCUT2D eigenvalue weighted by atomic mass is 16.5. The van der Waals surface area contributed by atoms with Crippen molar-refractivity contribution in [1.29, 1.82) is 0 Å². The van der Waals surface area contributed by atoms with Crippen LogP contribution in [0.1, 0.15) is 39.4 Å². The van der Waals surface area contributed by atoms with Crippen LogP contribution in [0.25, 0.3) is 0 Å². The van der Waals surface area contributed by atoms with Crippen LogP contribution < -0.4 is 10.6 Å². The molecular weight excluding hydrogens is 354 g/mol. The first-order valence-corrected chi connectivity index (χ1v) is 8.84. The van der Waals surface area contributed by atoms with Crippen LogP contribution in [0.4, 0.5) is 11.4 Å². The monoisotopic (exact) mass is 375 g/mol. The SMILES string of the molecule is COC(=O)c1cccc(Nc2ccc(C(=O)NC(C)c3ccccc3)nc2)c1. The fourth-order valence-corrected chi connectivity index (χ4v) is 2.71. The van der Waals surface area contributed by atoms with Gasteiger partial charge in [-0.2, -0.15) is 0 Å². The van der Waals surface area contributed by atoms with Crippen molar-refractivity contribution in [3.8, 4) is 0 Å². The van der Waals surface area contributed by atoms with Crippen LogP contribution in [0, 0.1) is 0 Å². The zero-order chi connectivity index (χ0) is 19.9. The van der Waals surface area contributed by atoms with Crippen LogP contribution in [-0.4, -0.2) is 24.0 Å². The third kappa shape index (κ3) is 4.73. The zero-order valence-corrected chi connectivity index (χ0v) is 15.7. The van der Waals surface area contributed by atoms with Gasteiger partial charge in [-0.1, -0.05) is 36.4 Å². The summed E-state index contributed by atoms with van der Waals surface area (Å²) in [6.07, 6.45) is 1.58. The molecule has 0 saturated heterocycles. The van der Waals surface area contributed by atoms with E-state index in [2.05, 4.69) is 15.6 Å². The lowest BCUT2D eigenvalue weighted by Gasteiger charge is -2.14. The number of ether oxygens (including phenoxy) is 1. The summed E-state index contributed by atoms with van der Waals surface area (Å²) in [6, 6.07) is 20.0. The first kappa shape index (κ1) is 19.1. The maximum Gasteiger partial charge on any atom is 0.337 e. The van der Waals surface area contributed by atoms with Gasteiger partial charge in [0.2, 0.25) is 0 Å². The van der Waals surface area contributed by atoms with Crippen LogP contribution >= 0.6 is 0 Å². The third-order valence-electron chi connectivity index (χ3n) is 4.22. The minimum Gasteiger partial charge on any atom is -0.465 e. The number of carbonyl (C=O) groups is 2. The fourth-order valence-electron chi connectivity index (χ4n) is 2.71. The van der Waals surface area contributed by atoms with Gasteiger partial charge in [0.1, 0.15) is 5.69 Å². The average molecular weight is 375 g/mol. The molecule has 0 spiro atoms. The molecule has 0 aliphatic carbocycles. The van der Waals surface area contributed by atoms with Gasteiger partial charge in [-0.25, -0.2) is 9.78 Å². The molecule has 1 heterocycles. The van der Waals surface area contributed by atoms with E-state index < -0.39 is 5.97 Å². The second-order valence-electron chi connectivity index (χ2n) is 6.24. The summed E-state index contributed by atoms with van der Waals surface area (Å²) in [5.41, 5.74) is 3.23. The van der Waals surface area contributed by atoms with Gasteiger partial charge >= 0.3 is 5.97 Å². The van der Waals surface area contributed by atoms with E-state index in [1.807, 2.05) is 43.3 Å². The number of carbonyl (C=O) groups excluding carboxylic acids is 2. The number of hydrogen-bond donors (Lipinski definition) is 2. The van der Waals surface area contributed by atoms with Crippen LogP contribution in [0.2, 0.25) is 0 Å². The lowest BCUT2D eigenvalue weighted by Crippen LogP contribution is -2.27. The Morgan fingerprint density at radius 2 is 1.75 bits per heavy atom. The molecule has 1 aromatic heterocycles. The molecule has 142 valence electrons. The van der Waals surface area contributed by atoms with Crippen LogP contribution in [0.15, 0.2) is 72.9 Å². The zero-order valence-electron chi connectivity index (χ0n) is 15.7. The maximum absolute atomic E-state index is 12.4. The van der Waals surface area contributed by atoms with Gasteiger partial charge in [0.05, 0.1) is 30.6 Å². The van der Waals surface area contributed by atoms with Crippen molar-refractivity contribution in [3.05, 3.63) is 89.7 Å². The molecule has 3 aromatic rings. The summed E-state index contributed by atoms with van der Waals surface area (Å²) in [7, 11) is 1.34. The van der Waals surface area contributed by atoms with Crippen molar-refractivity contribution in [2.45, 2.75) is 13.0 Å². The number of aromatic nitrogens is 1. The van der Waals surface area contributed by atoms with Crippen molar-refractivity contribution < 1.29 is 14.3 Å². The van der Waals surface area contributed by atoms with Crippen molar-refractivity contribution in [2.75, 3.05) is 12.4 Å². The number of anilines is 2. The highest BCUT2D eigenvalue weighted by Gasteiger charge is 2.12. The molecule has 2 N–H and O–H groups in total. The Hall–Kier alpha value is -3.67. The Labute approximate surface area is 163 Å². The number of nitrogens with one attached hydrogen (secondary N) is 2. The van der Waals surface area contributed by atoms with Gasteiger partial charge in [-0.05, 0) is 42.8 Å². The van der Waals surface area contributed by atoms with Gasteiger partial charge in [-0.3, -0.25) is 4.79 Å². The lowest BCUT2D eigenvalue weighted by atomic mass is 10.1. The molecule has 2 aromatic carbocycles. The summed E-state index contributed by atoms with van der Waals surface area (Å²) < 4.78 is 4.72. The molecule has 1 amide bonds. The molecular formula is C22H21N3O3. The molecule has 0 aliphatic heterocycles. The van der Waals surface area contributed by atoms with Crippen molar-refractivity contribution in [3.63, 3.8) is 0 Å². The Bertz CT molecular complexity index is 956. The van der Waals surface area contributed by atoms with Crippen LogP contribution in [0.5, 0.6) is 0 Å². The van der Waals surface area contributed by atoms with E-state index in [1.54, 1.807) is 36.5 Å². The van der Waals surface area contributed by atoms with Crippen LogP contribution in [-0.2, 0) is 4.74 Å². The molecule has 0 fully saturated rings. The smallest absolute Gasteiger partial charge is 0.337 e. The minimum absolute atomic E-state index is 0.116. The molecule has 0 aliphatic rings. The average Bonchev–Trinajstić information content (AvgIpc) is 2.74.